The van der Waals surface area contributed by atoms with Crippen LogP contribution in [-0.2, 0) is 0 Å². The fourth-order valence-corrected chi connectivity index (χ4v) is 4.00. The van der Waals surface area contributed by atoms with Crippen LogP contribution in [0.4, 0.5) is 0 Å². The number of nitrogens with zero attached hydrogens (tertiary/aromatic N) is 2. The number of azo groups is 1. The molecule has 0 bridgehead atoms. The van der Waals surface area contributed by atoms with Crippen LogP contribution >= 0.6 is 0 Å². The first-order chi connectivity index (χ1) is 14.2. The van der Waals surface area contributed by atoms with E-state index in [2.05, 4.69) is 22.4 Å². The molecule has 0 aromatic heterocycles. The van der Waals surface area contributed by atoms with Gasteiger partial charge in [0.1, 0.15) is 11.8 Å². The van der Waals surface area contributed by atoms with E-state index in [4.69, 9.17) is 0 Å². The number of carbonyl (C=O) groups is 1. The van der Waals surface area contributed by atoms with Crippen LogP contribution < -0.4 is 0 Å². The first-order valence-corrected chi connectivity index (χ1v) is 9.54. The first kappa shape index (κ1) is 17.3. The van der Waals surface area contributed by atoms with Gasteiger partial charge >= 0.3 is 0 Å². The highest BCUT2D eigenvalue weighted by atomic mass is 16.3. The summed E-state index contributed by atoms with van der Waals surface area (Å²) in [5.74, 6) is -0.336. The second-order valence-corrected chi connectivity index (χ2v) is 7.16. The minimum atomic E-state index is -0.215. The Bertz CT molecular complexity index is 1180. The maximum absolute atomic E-state index is 12.9. The highest BCUT2D eigenvalue weighted by molar-refractivity contribution is 6.22. The molecule has 4 heteroatoms. The van der Waals surface area contributed by atoms with Crippen molar-refractivity contribution in [1.29, 1.82) is 0 Å². The van der Waals surface area contributed by atoms with Gasteiger partial charge in [0.05, 0.1) is 11.3 Å². The number of aliphatic hydroxyl groups excluding tert-OH is 1. The number of fused-ring (bicyclic) bond motifs is 1. The van der Waals surface area contributed by atoms with E-state index in [1.165, 1.54) is 0 Å². The van der Waals surface area contributed by atoms with Crippen molar-refractivity contribution in [2.75, 3.05) is 0 Å². The Hall–Kier alpha value is -3.79. The predicted octanol–water partition coefficient (Wildman–Crippen LogP) is 6.03. The van der Waals surface area contributed by atoms with Crippen LogP contribution in [0.2, 0.25) is 0 Å². The summed E-state index contributed by atoms with van der Waals surface area (Å²) >= 11 is 0. The molecule has 4 nitrogen and oxygen atoms in total. The summed E-state index contributed by atoms with van der Waals surface area (Å²) in [6, 6.07) is 26.9. The Kier molecular flexibility index (Phi) is 4.17. The molecule has 5 rings (SSSR count). The summed E-state index contributed by atoms with van der Waals surface area (Å²) < 4.78 is 0. The number of ketones is 1. The second kappa shape index (κ2) is 6.99. The van der Waals surface area contributed by atoms with Gasteiger partial charge in [-0.3, -0.25) is 4.79 Å². The summed E-state index contributed by atoms with van der Waals surface area (Å²) in [5.41, 5.74) is 3.83. The van der Waals surface area contributed by atoms with Crippen molar-refractivity contribution < 1.29 is 9.90 Å². The topological polar surface area (TPSA) is 62.0 Å². The summed E-state index contributed by atoms with van der Waals surface area (Å²) in [4.78, 5) is 12.9. The van der Waals surface area contributed by atoms with Gasteiger partial charge in [-0.15, -0.1) is 0 Å². The standard InChI is InChI=1S/C25H18N2O2/c28-24-18-13-7-8-14-19(18)25(29)22(24)21-15-20(16-9-3-1-4-10-16)23(27-26-21)17-11-5-2-6-12-17/h1-15,20,23,28H/t20-,23-/m0/s1. The maximum Gasteiger partial charge on any atom is 0.199 e. The van der Waals surface area contributed by atoms with Crippen molar-refractivity contribution in [3.63, 3.8) is 0 Å². The number of hydrogen-bond donors (Lipinski definition) is 1. The van der Waals surface area contributed by atoms with E-state index in [1.807, 2.05) is 54.6 Å². The van der Waals surface area contributed by atoms with Gasteiger partial charge < -0.3 is 5.11 Å². The minimum absolute atomic E-state index is 0.0271. The van der Waals surface area contributed by atoms with Crippen LogP contribution in [0.15, 0.2) is 113 Å². The number of hydrogen-bond acceptors (Lipinski definition) is 4. The molecule has 0 saturated heterocycles. The fourth-order valence-electron chi connectivity index (χ4n) is 4.00. The van der Waals surface area contributed by atoms with Crippen LogP contribution in [0.1, 0.15) is 39.0 Å². The van der Waals surface area contributed by atoms with Crippen molar-refractivity contribution in [3.05, 3.63) is 125 Å². The molecule has 0 spiro atoms. The lowest BCUT2D eigenvalue weighted by Crippen LogP contribution is -2.13. The van der Waals surface area contributed by atoms with Crippen LogP contribution in [0, 0.1) is 0 Å². The number of allylic oxidation sites excluding steroid dienone is 1. The second-order valence-electron chi connectivity index (χ2n) is 7.16. The van der Waals surface area contributed by atoms with E-state index < -0.39 is 0 Å². The molecule has 3 aromatic carbocycles. The van der Waals surface area contributed by atoms with Crippen LogP contribution in [-0.4, -0.2) is 10.9 Å². The summed E-state index contributed by atoms with van der Waals surface area (Å²) in [7, 11) is 0. The van der Waals surface area contributed by atoms with Crippen molar-refractivity contribution in [3.8, 4) is 0 Å². The molecule has 3 aromatic rings. The Morgan fingerprint density at radius 1 is 0.724 bits per heavy atom. The van der Waals surface area contributed by atoms with Gasteiger partial charge in [0.25, 0.3) is 0 Å². The third kappa shape index (κ3) is 2.90. The van der Waals surface area contributed by atoms with Crippen molar-refractivity contribution in [2.24, 2.45) is 10.2 Å². The Morgan fingerprint density at radius 3 is 1.97 bits per heavy atom. The van der Waals surface area contributed by atoms with Gasteiger partial charge in [-0.25, -0.2) is 0 Å². The van der Waals surface area contributed by atoms with E-state index in [0.29, 0.717) is 16.8 Å². The number of carbonyl (C=O) groups excluding carboxylic acids is 1. The quantitative estimate of drug-likeness (QED) is 0.605. The summed E-state index contributed by atoms with van der Waals surface area (Å²) in [5, 5.41) is 19.7. The molecule has 1 heterocycles. The molecule has 2 atom stereocenters. The Balaban J connectivity index is 1.61. The molecule has 0 unspecified atom stereocenters. The van der Waals surface area contributed by atoms with Gasteiger partial charge in [0, 0.05) is 17.0 Å². The molecule has 140 valence electrons. The molecule has 1 aliphatic heterocycles. The largest absolute Gasteiger partial charge is 0.506 e. The van der Waals surface area contributed by atoms with Gasteiger partial charge in [-0.1, -0.05) is 84.9 Å². The third-order valence-corrected chi connectivity index (χ3v) is 5.44. The number of aliphatic hydroxyl groups is 1. The number of benzene rings is 3. The van der Waals surface area contributed by atoms with Crippen LogP contribution in [0.3, 0.4) is 0 Å². The van der Waals surface area contributed by atoms with E-state index in [0.717, 1.165) is 11.1 Å². The normalized spacial score (nSPS) is 20.6. The fraction of sp³-hybridized carbons (Fsp3) is 0.0800. The van der Waals surface area contributed by atoms with Gasteiger partial charge in [0.2, 0.25) is 0 Å². The van der Waals surface area contributed by atoms with Crippen LogP contribution in [0.5, 0.6) is 0 Å². The molecule has 0 amide bonds. The molecule has 0 radical (unpaired) electrons. The van der Waals surface area contributed by atoms with Crippen molar-refractivity contribution in [2.45, 2.75) is 12.0 Å². The molecule has 29 heavy (non-hydrogen) atoms. The zero-order valence-corrected chi connectivity index (χ0v) is 15.6. The van der Waals surface area contributed by atoms with E-state index >= 15 is 0 Å². The minimum Gasteiger partial charge on any atom is -0.506 e. The SMILES string of the molecule is O=C1C(C2=C[C@@H](c3ccccc3)[C@H](c3ccccc3)N=N2)=C(O)c2ccccc21. The van der Waals surface area contributed by atoms with E-state index in [9.17, 15) is 9.90 Å². The summed E-state index contributed by atoms with van der Waals surface area (Å²) in [6.07, 6.45) is 1.95. The highest BCUT2D eigenvalue weighted by Crippen LogP contribution is 2.43. The lowest BCUT2D eigenvalue weighted by Gasteiger charge is -2.25. The average molecular weight is 378 g/mol. The van der Waals surface area contributed by atoms with Crippen LogP contribution in [0.25, 0.3) is 5.76 Å². The van der Waals surface area contributed by atoms with E-state index in [-0.39, 0.29) is 29.1 Å². The van der Waals surface area contributed by atoms with Gasteiger partial charge in [-0.05, 0) is 17.2 Å². The van der Waals surface area contributed by atoms with Crippen molar-refractivity contribution in [1.82, 2.24) is 0 Å². The Labute approximate surface area is 168 Å². The molecule has 2 aliphatic rings. The monoisotopic (exact) mass is 378 g/mol. The van der Waals surface area contributed by atoms with Crippen molar-refractivity contribution >= 4 is 11.5 Å². The van der Waals surface area contributed by atoms with Gasteiger partial charge in [-0.2, -0.15) is 10.2 Å². The number of rotatable bonds is 3. The first-order valence-electron chi connectivity index (χ1n) is 9.54. The smallest absolute Gasteiger partial charge is 0.199 e. The summed E-state index contributed by atoms with van der Waals surface area (Å²) in [6.45, 7) is 0. The molecule has 0 saturated carbocycles. The van der Waals surface area contributed by atoms with E-state index in [1.54, 1.807) is 24.3 Å². The lowest BCUT2D eigenvalue weighted by molar-refractivity contribution is 0.103. The third-order valence-electron chi connectivity index (χ3n) is 5.44. The molecule has 0 fully saturated rings. The molecule has 1 aliphatic carbocycles. The maximum atomic E-state index is 12.9. The molecular weight excluding hydrogens is 360 g/mol. The zero-order chi connectivity index (χ0) is 19.8. The zero-order valence-electron chi connectivity index (χ0n) is 15.6. The molecular formula is C25H18N2O2. The Morgan fingerprint density at radius 2 is 1.31 bits per heavy atom. The van der Waals surface area contributed by atoms with Gasteiger partial charge in [0.15, 0.2) is 5.78 Å². The lowest BCUT2D eigenvalue weighted by atomic mass is 9.85. The number of Topliss-reactive ketones (excluding diaryl/α,β-unsaturated/α-hetero) is 1. The predicted molar refractivity (Wildman–Crippen MR) is 112 cm³/mol. The average Bonchev–Trinajstić information content (AvgIpc) is 3.05. The highest BCUT2D eigenvalue weighted by Gasteiger charge is 2.35. The molecule has 1 N–H and O–H groups in total.